The van der Waals surface area contributed by atoms with Gasteiger partial charge in [0.15, 0.2) is 6.10 Å². The zero-order valence-corrected chi connectivity index (χ0v) is 36.0. The average Bonchev–Trinajstić information content (AvgIpc) is 3.17. The Morgan fingerprint density at radius 2 is 0.741 bits per heavy atom. The summed E-state index contributed by atoms with van der Waals surface area (Å²) in [6.45, 7) is 4.13. The summed E-state index contributed by atoms with van der Waals surface area (Å²) in [5, 5.41) is 9.60. The molecule has 0 heterocycles. The molecule has 1 N–H and O–H groups in total. The van der Waals surface area contributed by atoms with Crippen molar-refractivity contribution in [2.24, 2.45) is 0 Å². The molecule has 1 atom stereocenters. The molecule has 0 bridgehead atoms. The fourth-order valence-electron chi connectivity index (χ4n) is 6.82. The number of unbranched alkanes of at least 4 members (excludes halogenated alkanes) is 29. The van der Waals surface area contributed by atoms with Gasteiger partial charge in [-0.05, 0) is 70.6 Å². The van der Waals surface area contributed by atoms with Gasteiger partial charge in [-0.3, -0.25) is 9.59 Å². The van der Waals surface area contributed by atoms with Crippen LogP contribution in [-0.4, -0.2) is 36.4 Å². The second kappa shape index (κ2) is 45.5. The molecule has 5 heteroatoms. The summed E-state index contributed by atoms with van der Waals surface area (Å²) in [6.07, 6.45) is 56.5. The van der Waals surface area contributed by atoms with Crippen LogP contribution in [0.15, 0.2) is 36.5 Å². The van der Waals surface area contributed by atoms with Crippen molar-refractivity contribution in [2.45, 2.75) is 251 Å². The van der Waals surface area contributed by atoms with Crippen molar-refractivity contribution < 1.29 is 24.2 Å². The third-order valence-corrected chi connectivity index (χ3v) is 10.4. The Bertz CT molecular complexity index is 862. The van der Waals surface area contributed by atoms with Crippen LogP contribution in [0.3, 0.4) is 0 Å². The van der Waals surface area contributed by atoms with E-state index in [4.69, 9.17) is 9.47 Å². The number of carbonyl (C=O) groups excluding carboxylic acids is 2. The summed E-state index contributed by atoms with van der Waals surface area (Å²) >= 11 is 0. The fraction of sp³-hybridized carbons (Fsp3) is 0.837. The summed E-state index contributed by atoms with van der Waals surface area (Å²) in [6, 6.07) is 0. The van der Waals surface area contributed by atoms with Crippen LogP contribution in [0, 0.1) is 0 Å². The lowest BCUT2D eigenvalue weighted by Gasteiger charge is -2.15. The second-order valence-electron chi connectivity index (χ2n) is 15.8. The molecule has 0 radical (unpaired) electrons. The number of aliphatic hydroxyl groups is 1. The zero-order chi connectivity index (χ0) is 39.3. The van der Waals surface area contributed by atoms with Crippen LogP contribution in [0.1, 0.15) is 245 Å². The Balaban J connectivity index is 3.50. The lowest BCUT2D eigenvalue weighted by atomic mass is 10.0. The molecule has 0 amide bonds. The van der Waals surface area contributed by atoms with Crippen molar-refractivity contribution in [3.05, 3.63) is 36.5 Å². The third kappa shape index (κ3) is 42.9. The zero-order valence-electron chi connectivity index (χ0n) is 36.0. The Labute approximate surface area is 336 Å². The summed E-state index contributed by atoms with van der Waals surface area (Å²) in [4.78, 5) is 24.4. The monoisotopic (exact) mass is 759 g/mol. The van der Waals surface area contributed by atoms with Crippen molar-refractivity contribution in [2.75, 3.05) is 13.2 Å². The highest BCUT2D eigenvalue weighted by Gasteiger charge is 2.16. The van der Waals surface area contributed by atoms with Gasteiger partial charge in [0.25, 0.3) is 0 Å². The molecule has 316 valence electrons. The highest BCUT2D eigenvalue weighted by Crippen LogP contribution is 2.15. The van der Waals surface area contributed by atoms with Crippen LogP contribution in [0.25, 0.3) is 0 Å². The number of ether oxygens (including phenoxy) is 2. The molecule has 0 unspecified atom stereocenters. The molecule has 0 saturated carbocycles. The Kier molecular flexibility index (Phi) is 43.9. The number of hydrogen-bond acceptors (Lipinski definition) is 5. The first-order valence-electron chi connectivity index (χ1n) is 23.5. The Hall–Kier alpha value is -1.88. The molecule has 0 aromatic carbocycles. The lowest BCUT2D eigenvalue weighted by molar-refractivity contribution is -0.161. The lowest BCUT2D eigenvalue weighted by Crippen LogP contribution is -2.28. The van der Waals surface area contributed by atoms with Gasteiger partial charge < -0.3 is 14.6 Å². The molecular weight excluding hydrogens is 669 g/mol. The van der Waals surface area contributed by atoms with E-state index in [2.05, 4.69) is 50.3 Å². The van der Waals surface area contributed by atoms with E-state index < -0.39 is 6.10 Å². The van der Waals surface area contributed by atoms with E-state index >= 15 is 0 Å². The number of rotatable bonds is 43. The largest absolute Gasteiger partial charge is 0.462 e. The van der Waals surface area contributed by atoms with Crippen LogP contribution in [0.4, 0.5) is 0 Å². The summed E-state index contributed by atoms with van der Waals surface area (Å²) in [7, 11) is 0. The standard InChI is InChI=1S/C49H90O5/c1-3-5-7-9-11-13-15-17-19-21-23-24-26-28-30-32-34-36-38-40-42-44-49(52)54-47(45-50)46-53-48(51)43-41-39-37-35-33-31-29-27-25-22-20-18-16-14-12-10-8-6-4-2/h12,14,17-20,47,50H,3-11,13,15-16,21-46H2,1-2H3/b14-12-,19-17-,20-18-/t47-/m0/s1. The molecular formula is C49H90O5. The number of aliphatic hydroxyl groups excluding tert-OH is 1. The molecule has 5 nitrogen and oxygen atoms in total. The minimum absolute atomic E-state index is 0.0661. The van der Waals surface area contributed by atoms with Gasteiger partial charge in [-0.2, -0.15) is 0 Å². The number of esters is 2. The Morgan fingerprint density at radius 3 is 1.15 bits per heavy atom. The maximum absolute atomic E-state index is 12.2. The third-order valence-electron chi connectivity index (χ3n) is 10.4. The second-order valence-corrected chi connectivity index (χ2v) is 15.8. The minimum Gasteiger partial charge on any atom is -0.462 e. The molecule has 0 aliphatic heterocycles. The molecule has 0 aliphatic carbocycles. The van der Waals surface area contributed by atoms with Crippen molar-refractivity contribution in [3.63, 3.8) is 0 Å². The smallest absolute Gasteiger partial charge is 0.306 e. The van der Waals surface area contributed by atoms with Crippen LogP contribution in [0.5, 0.6) is 0 Å². The quantitative estimate of drug-likeness (QED) is 0.0381. The molecule has 0 rings (SSSR count). The summed E-state index contributed by atoms with van der Waals surface area (Å²) < 4.78 is 10.7. The van der Waals surface area contributed by atoms with Crippen molar-refractivity contribution in [1.82, 2.24) is 0 Å². The summed E-state index contributed by atoms with van der Waals surface area (Å²) in [5.41, 5.74) is 0. The predicted molar refractivity (Wildman–Crippen MR) is 233 cm³/mol. The van der Waals surface area contributed by atoms with E-state index in [-0.39, 0.29) is 25.2 Å². The Morgan fingerprint density at radius 1 is 0.426 bits per heavy atom. The maximum atomic E-state index is 12.2. The van der Waals surface area contributed by atoms with Crippen LogP contribution >= 0.6 is 0 Å². The normalized spacial score (nSPS) is 12.4. The first-order chi connectivity index (χ1) is 26.6. The SMILES string of the molecule is CCCCC/C=C\C/C=C\CCCCCCCCCCCC(=O)OC[C@H](CO)OC(=O)CCCCCCCCCCCCC/C=C\CCCCCCCC. The fourth-order valence-corrected chi connectivity index (χ4v) is 6.82. The first-order valence-corrected chi connectivity index (χ1v) is 23.5. The first kappa shape index (κ1) is 52.1. The maximum Gasteiger partial charge on any atom is 0.306 e. The molecule has 0 aliphatic rings. The minimum atomic E-state index is -0.772. The van der Waals surface area contributed by atoms with E-state index in [1.54, 1.807) is 0 Å². The highest BCUT2D eigenvalue weighted by molar-refractivity contribution is 5.70. The van der Waals surface area contributed by atoms with Gasteiger partial charge in [-0.15, -0.1) is 0 Å². The van der Waals surface area contributed by atoms with E-state index in [0.29, 0.717) is 12.8 Å². The van der Waals surface area contributed by atoms with Gasteiger partial charge in [0, 0.05) is 12.8 Å². The van der Waals surface area contributed by atoms with E-state index in [1.807, 2.05) is 0 Å². The van der Waals surface area contributed by atoms with E-state index in [1.165, 1.54) is 173 Å². The van der Waals surface area contributed by atoms with E-state index in [9.17, 15) is 14.7 Å². The van der Waals surface area contributed by atoms with Gasteiger partial charge in [-0.1, -0.05) is 198 Å². The van der Waals surface area contributed by atoms with Crippen molar-refractivity contribution in [3.8, 4) is 0 Å². The topological polar surface area (TPSA) is 72.8 Å². The van der Waals surface area contributed by atoms with E-state index in [0.717, 1.165) is 44.9 Å². The van der Waals surface area contributed by atoms with Gasteiger partial charge in [0.1, 0.15) is 6.61 Å². The molecule has 0 saturated heterocycles. The highest BCUT2D eigenvalue weighted by atomic mass is 16.6. The molecule has 0 aromatic heterocycles. The van der Waals surface area contributed by atoms with Crippen molar-refractivity contribution in [1.29, 1.82) is 0 Å². The molecule has 0 fully saturated rings. The van der Waals surface area contributed by atoms with Crippen LogP contribution in [-0.2, 0) is 19.1 Å². The molecule has 0 spiro atoms. The summed E-state index contributed by atoms with van der Waals surface area (Å²) in [5.74, 6) is -0.588. The molecule has 54 heavy (non-hydrogen) atoms. The predicted octanol–water partition coefficient (Wildman–Crippen LogP) is 15.2. The van der Waals surface area contributed by atoms with Crippen LogP contribution in [0.2, 0.25) is 0 Å². The average molecular weight is 759 g/mol. The van der Waals surface area contributed by atoms with Crippen molar-refractivity contribution >= 4 is 11.9 Å². The van der Waals surface area contributed by atoms with Gasteiger partial charge in [-0.25, -0.2) is 0 Å². The number of allylic oxidation sites excluding steroid dienone is 6. The molecule has 0 aromatic rings. The van der Waals surface area contributed by atoms with Crippen LogP contribution < -0.4 is 0 Å². The van der Waals surface area contributed by atoms with Gasteiger partial charge >= 0.3 is 11.9 Å². The number of hydrogen-bond donors (Lipinski definition) is 1. The van der Waals surface area contributed by atoms with Gasteiger partial charge in [0.05, 0.1) is 6.61 Å². The number of carbonyl (C=O) groups is 2. The van der Waals surface area contributed by atoms with Gasteiger partial charge in [0.2, 0.25) is 0 Å².